The SMILES string of the molecule is C=C(C)C1=CC2=C(C1)/C1=C/C=C\C=C\CC2CCN(C2CC2)CC1. The third-order valence-corrected chi connectivity index (χ3v) is 5.99. The number of rotatable bonds is 2. The molecule has 0 aromatic rings. The van der Waals surface area contributed by atoms with Gasteiger partial charge in [-0.2, -0.15) is 0 Å². The third-order valence-electron chi connectivity index (χ3n) is 5.99. The van der Waals surface area contributed by atoms with E-state index in [4.69, 9.17) is 0 Å². The van der Waals surface area contributed by atoms with Gasteiger partial charge in [-0.1, -0.05) is 48.6 Å². The van der Waals surface area contributed by atoms with Gasteiger partial charge in [0.2, 0.25) is 0 Å². The van der Waals surface area contributed by atoms with Crippen LogP contribution in [-0.4, -0.2) is 24.0 Å². The molecule has 4 aliphatic rings. The fourth-order valence-electron chi connectivity index (χ4n) is 4.35. The lowest BCUT2D eigenvalue weighted by Gasteiger charge is -2.23. The summed E-state index contributed by atoms with van der Waals surface area (Å²) < 4.78 is 0. The summed E-state index contributed by atoms with van der Waals surface area (Å²) in [5, 5.41) is 0. The molecule has 1 heteroatoms. The monoisotopic (exact) mass is 319 g/mol. The van der Waals surface area contributed by atoms with Crippen LogP contribution >= 0.6 is 0 Å². The normalized spacial score (nSPS) is 32.8. The van der Waals surface area contributed by atoms with E-state index in [0.717, 1.165) is 18.9 Å². The molecule has 3 aliphatic carbocycles. The van der Waals surface area contributed by atoms with Crippen molar-refractivity contribution in [2.45, 2.75) is 51.5 Å². The second kappa shape index (κ2) is 6.72. The molecule has 2 bridgehead atoms. The molecule has 126 valence electrons. The Bertz CT molecular complexity index is 679. The zero-order chi connectivity index (χ0) is 16.5. The first-order valence-electron chi connectivity index (χ1n) is 9.58. The summed E-state index contributed by atoms with van der Waals surface area (Å²) >= 11 is 0. The molecule has 1 aliphatic heterocycles. The molecule has 1 heterocycles. The van der Waals surface area contributed by atoms with Crippen LogP contribution in [0.25, 0.3) is 0 Å². The van der Waals surface area contributed by atoms with Crippen LogP contribution in [0.5, 0.6) is 0 Å². The number of hydrogen-bond donors (Lipinski definition) is 0. The largest absolute Gasteiger partial charge is 0.300 e. The summed E-state index contributed by atoms with van der Waals surface area (Å²) in [5.41, 5.74) is 7.45. The van der Waals surface area contributed by atoms with E-state index in [1.165, 1.54) is 49.9 Å². The van der Waals surface area contributed by atoms with E-state index in [1.54, 1.807) is 16.7 Å². The van der Waals surface area contributed by atoms with Gasteiger partial charge in [0.1, 0.15) is 0 Å². The lowest BCUT2D eigenvalue weighted by Crippen LogP contribution is -2.29. The Morgan fingerprint density at radius 2 is 2.00 bits per heavy atom. The Kier molecular flexibility index (Phi) is 4.45. The molecular weight excluding hydrogens is 290 g/mol. The van der Waals surface area contributed by atoms with Crippen LogP contribution in [0.15, 0.2) is 70.9 Å². The highest BCUT2D eigenvalue weighted by Crippen LogP contribution is 2.42. The van der Waals surface area contributed by atoms with Crippen molar-refractivity contribution in [2.75, 3.05) is 13.1 Å². The smallest absolute Gasteiger partial charge is 0.00965 e. The average Bonchev–Trinajstić information content (AvgIpc) is 3.29. The predicted octanol–water partition coefficient (Wildman–Crippen LogP) is 5.51. The number of nitrogens with zero attached hydrogens (tertiary/aromatic N) is 1. The zero-order valence-electron chi connectivity index (χ0n) is 14.9. The predicted molar refractivity (Wildman–Crippen MR) is 103 cm³/mol. The molecule has 0 aromatic carbocycles. The average molecular weight is 319 g/mol. The zero-order valence-corrected chi connectivity index (χ0v) is 14.9. The van der Waals surface area contributed by atoms with Gasteiger partial charge >= 0.3 is 0 Å². The highest BCUT2D eigenvalue weighted by molar-refractivity contribution is 5.55. The third kappa shape index (κ3) is 3.28. The van der Waals surface area contributed by atoms with Crippen LogP contribution in [0.1, 0.15) is 45.4 Å². The van der Waals surface area contributed by atoms with Gasteiger partial charge in [0.05, 0.1) is 0 Å². The molecule has 1 atom stereocenters. The molecule has 0 saturated heterocycles. The van der Waals surface area contributed by atoms with Gasteiger partial charge in [0.15, 0.2) is 0 Å². The summed E-state index contributed by atoms with van der Waals surface area (Å²) in [6, 6.07) is 0.873. The highest BCUT2D eigenvalue weighted by atomic mass is 15.2. The second-order valence-corrected chi connectivity index (χ2v) is 7.80. The van der Waals surface area contributed by atoms with Crippen molar-refractivity contribution in [1.29, 1.82) is 0 Å². The van der Waals surface area contributed by atoms with E-state index in [0.29, 0.717) is 5.92 Å². The molecule has 1 fully saturated rings. The fraction of sp³-hybridized carbons (Fsp3) is 0.478. The van der Waals surface area contributed by atoms with Crippen LogP contribution in [-0.2, 0) is 0 Å². The Morgan fingerprint density at radius 3 is 2.79 bits per heavy atom. The molecule has 4 rings (SSSR count). The van der Waals surface area contributed by atoms with E-state index < -0.39 is 0 Å². The molecule has 1 nitrogen and oxygen atoms in total. The van der Waals surface area contributed by atoms with Crippen molar-refractivity contribution in [3.05, 3.63) is 70.9 Å². The molecule has 1 unspecified atom stereocenters. The van der Waals surface area contributed by atoms with E-state index in [2.05, 4.69) is 54.9 Å². The summed E-state index contributed by atoms with van der Waals surface area (Å²) in [6.45, 7) is 8.85. The van der Waals surface area contributed by atoms with Crippen LogP contribution in [0, 0.1) is 5.92 Å². The van der Waals surface area contributed by atoms with Crippen molar-refractivity contribution in [3.63, 3.8) is 0 Å². The summed E-state index contributed by atoms with van der Waals surface area (Å²) in [4.78, 5) is 2.76. The first-order valence-corrected chi connectivity index (χ1v) is 9.58. The van der Waals surface area contributed by atoms with Gasteiger partial charge in [-0.05, 0) is 80.2 Å². The van der Waals surface area contributed by atoms with Gasteiger partial charge in [0.25, 0.3) is 0 Å². The van der Waals surface area contributed by atoms with E-state index in [1.807, 2.05) is 0 Å². The van der Waals surface area contributed by atoms with Crippen molar-refractivity contribution in [1.82, 2.24) is 4.90 Å². The van der Waals surface area contributed by atoms with Crippen molar-refractivity contribution < 1.29 is 0 Å². The molecule has 0 amide bonds. The first kappa shape index (κ1) is 15.9. The fourth-order valence-corrected chi connectivity index (χ4v) is 4.35. The molecule has 0 radical (unpaired) electrons. The highest BCUT2D eigenvalue weighted by Gasteiger charge is 2.32. The van der Waals surface area contributed by atoms with Crippen molar-refractivity contribution in [3.8, 4) is 0 Å². The number of hydrogen-bond acceptors (Lipinski definition) is 1. The van der Waals surface area contributed by atoms with E-state index in [-0.39, 0.29) is 0 Å². The molecule has 24 heavy (non-hydrogen) atoms. The molecule has 0 spiro atoms. The number of allylic oxidation sites excluding steroid dienone is 10. The van der Waals surface area contributed by atoms with Crippen LogP contribution in [0.4, 0.5) is 0 Å². The minimum Gasteiger partial charge on any atom is -0.300 e. The maximum atomic E-state index is 4.21. The Labute approximate surface area is 146 Å². The topological polar surface area (TPSA) is 3.24 Å². The lowest BCUT2D eigenvalue weighted by atomic mass is 9.87. The van der Waals surface area contributed by atoms with Crippen molar-refractivity contribution >= 4 is 0 Å². The minimum atomic E-state index is 0.655. The quantitative estimate of drug-likeness (QED) is 0.649. The second-order valence-electron chi connectivity index (χ2n) is 7.80. The van der Waals surface area contributed by atoms with Crippen LogP contribution in [0.2, 0.25) is 0 Å². The van der Waals surface area contributed by atoms with Crippen LogP contribution < -0.4 is 0 Å². The summed E-state index contributed by atoms with van der Waals surface area (Å²) in [5.74, 6) is 0.655. The summed E-state index contributed by atoms with van der Waals surface area (Å²) in [7, 11) is 0. The van der Waals surface area contributed by atoms with E-state index >= 15 is 0 Å². The maximum Gasteiger partial charge on any atom is 0.00965 e. The minimum absolute atomic E-state index is 0.655. The van der Waals surface area contributed by atoms with Crippen molar-refractivity contribution in [2.24, 2.45) is 5.92 Å². The standard InChI is InChI=1S/C23H29N/c1-17(2)20-15-22-18-7-5-3-4-6-8-19(23(22)16-20)12-14-24(13-11-18)21-9-10-21/h3-7,16,19,21H,1,8-15H2,2H3/b5-3-,6-4+,18-7+. The molecular formula is C23H29N. The molecule has 1 saturated carbocycles. The Morgan fingerprint density at radius 1 is 1.12 bits per heavy atom. The van der Waals surface area contributed by atoms with Gasteiger partial charge in [0, 0.05) is 12.6 Å². The van der Waals surface area contributed by atoms with Gasteiger partial charge in [-0.15, -0.1) is 0 Å². The van der Waals surface area contributed by atoms with Gasteiger partial charge in [-0.3, -0.25) is 0 Å². The van der Waals surface area contributed by atoms with Crippen LogP contribution in [0.3, 0.4) is 0 Å². The molecule has 0 N–H and O–H groups in total. The Balaban J connectivity index is 1.73. The molecule has 0 aromatic heterocycles. The van der Waals surface area contributed by atoms with E-state index in [9.17, 15) is 0 Å². The summed E-state index contributed by atoms with van der Waals surface area (Å²) in [6.07, 6.45) is 21.4. The first-order chi connectivity index (χ1) is 11.7. The Hall–Kier alpha value is -1.60. The van der Waals surface area contributed by atoms with Gasteiger partial charge < -0.3 is 4.90 Å². The lowest BCUT2D eigenvalue weighted by molar-refractivity contribution is 0.253. The van der Waals surface area contributed by atoms with Gasteiger partial charge in [-0.25, -0.2) is 0 Å². The maximum absolute atomic E-state index is 4.21.